The van der Waals surface area contributed by atoms with E-state index < -0.39 is 5.91 Å². The molecule has 1 aliphatic heterocycles. The lowest BCUT2D eigenvalue weighted by molar-refractivity contribution is 0.0599. The number of aromatic nitrogens is 4. The van der Waals surface area contributed by atoms with Gasteiger partial charge in [0.2, 0.25) is 0 Å². The summed E-state index contributed by atoms with van der Waals surface area (Å²) in [5.41, 5.74) is 8.51. The van der Waals surface area contributed by atoms with Gasteiger partial charge in [-0.25, -0.2) is 15.0 Å². The number of hydrogen-bond donors (Lipinski definition) is 1. The normalized spacial score (nSPS) is 16.6. The zero-order valence-electron chi connectivity index (χ0n) is 17.7. The van der Waals surface area contributed by atoms with Gasteiger partial charge in [0.15, 0.2) is 5.82 Å². The van der Waals surface area contributed by atoms with E-state index in [0.717, 1.165) is 30.3 Å². The number of nitrogens with zero attached hydrogens (tertiary/aromatic N) is 5. The minimum absolute atomic E-state index is 0.0710. The number of rotatable bonds is 6. The molecule has 9 nitrogen and oxygen atoms in total. The molecule has 9 heteroatoms. The van der Waals surface area contributed by atoms with Crippen molar-refractivity contribution in [3.8, 4) is 0 Å². The van der Waals surface area contributed by atoms with E-state index in [1.807, 2.05) is 27.7 Å². The number of hydrogen-bond acceptors (Lipinski definition) is 6. The van der Waals surface area contributed by atoms with E-state index in [9.17, 15) is 9.59 Å². The molecule has 1 fully saturated rings. The predicted molar refractivity (Wildman–Crippen MR) is 115 cm³/mol. The Morgan fingerprint density at radius 3 is 2.84 bits per heavy atom. The number of piperidine rings is 1. The number of ether oxygens (including phenoxy) is 1. The van der Waals surface area contributed by atoms with Crippen molar-refractivity contribution in [3.63, 3.8) is 0 Å². The van der Waals surface area contributed by atoms with Gasteiger partial charge >= 0.3 is 0 Å². The number of amides is 2. The number of likely N-dealkylation sites (tertiary alicyclic amines) is 1. The molecule has 3 aromatic rings. The third-order valence-electron chi connectivity index (χ3n) is 5.73. The van der Waals surface area contributed by atoms with Crippen molar-refractivity contribution in [2.24, 2.45) is 5.73 Å². The Morgan fingerprint density at radius 1 is 1.26 bits per heavy atom. The molecule has 2 aromatic heterocycles. The Kier molecular flexibility index (Phi) is 5.94. The van der Waals surface area contributed by atoms with Crippen LogP contribution in [0.3, 0.4) is 0 Å². The number of fused-ring (bicyclic) bond motifs is 1. The highest BCUT2D eigenvalue weighted by Gasteiger charge is 2.31. The molecule has 2 amide bonds. The molecule has 3 heterocycles. The Labute approximate surface area is 180 Å². The fourth-order valence-corrected chi connectivity index (χ4v) is 4.06. The third kappa shape index (κ3) is 4.13. The maximum Gasteiger partial charge on any atom is 0.254 e. The summed E-state index contributed by atoms with van der Waals surface area (Å²) in [5.74, 6) is -0.0855. The van der Waals surface area contributed by atoms with Crippen molar-refractivity contribution in [1.29, 1.82) is 0 Å². The number of nitrogens with two attached hydrogens (primary N) is 1. The summed E-state index contributed by atoms with van der Waals surface area (Å²) in [6.07, 6.45) is 5.90. The van der Waals surface area contributed by atoms with Gasteiger partial charge in [-0.05, 0) is 44.4 Å². The average molecular weight is 422 g/mol. The maximum absolute atomic E-state index is 13.4. The summed E-state index contributed by atoms with van der Waals surface area (Å²) >= 11 is 0. The number of benzene rings is 1. The second kappa shape index (κ2) is 8.81. The van der Waals surface area contributed by atoms with Crippen LogP contribution in [0.4, 0.5) is 0 Å². The molecule has 1 atom stereocenters. The van der Waals surface area contributed by atoms with Gasteiger partial charge in [0, 0.05) is 32.0 Å². The zero-order valence-corrected chi connectivity index (χ0v) is 17.7. The average Bonchev–Trinajstić information content (AvgIpc) is 3.19. The van der Waals surface area contributed by atoms with Gasteiger partial charge in [-0.1, -0.05) is 0 Å². The maximum atomic E-state index is 13.4. The van der Waals surface area contributed by atoms with Gasteiger partial charge in [0.05, 0.1) is 41.3 Å². The van der Waals surface area contributed by atoms with Crippen LogP contribution in [-0.2, 0) is 11.3 Å². The van der Waals surface area contributed by atoms with Gasteiger partial charge < -0.3 is 19.9 Å². The van der Waals surface area contributed by atoms with Gasteiger partial charge in [-0.15, -0.1) is 0 Å². The van der Waals surface area contributed by atoms with E-state index in [1.165, 1.54) is 6.20 Å². The molecule has 0 spiro atoms. The molecule has 2 N–H and O–H groups in total. The SMILES string of the molecule is COCCn1cnc2cc(C(=O)N3CCCC[C@@H]3c3ncc(C(N)=O)c(C)n3)ccc21. The van der Waals surface area contributed by atoms with Crippen molar-refractivity contribution < 1.29 is 14.3 Å². The molecule has 1 aliphatic rings. The highest BCUT2D eigenvalue weighted by Crippen LogP contribution is 2.31. The standard InChI is InChI=1S/C22H26N6O3/c1-14-16(20(23)29)12-24-21(26-14)19-5-3-4-8-28(19)22(30)15-6-7-18-17(11-15)25-13-27(18)9-10-31-2/h6-7,11-13,19H,3-5,8-10H2,1-2H3,(H2,23,29)/t19-/m1/s1. The number of imidazole rings is 1. The van der Waals surface area contributed by atoms with Crippen molar-refractivity contribution in [2.45, 2.75) is 38.8 Å². The number of aryl methyl sites for hydroxylation is 1. The van der Waals surface area contributed by atoms with Crippen LogP contribution < -0.4 is 5.73 Å². The van der Waals surface area contributed by atoms with E-state index in [1.54, 1.807) is 20.4 Å². The minimum Gasteiger partial charge on any atom is -0.383 e. The quantitative estimate of drug-likeness (QED) is 0.651. The minimum atomic E-state index is -0.557. The van der Waals surface area contributed by atoms with E-state index in [-0.39, 0.29) is 11.9 Å². The first kappa shape index (κ1) is 20.9. The Bertz CT molecular complexity index is 1130. The summed E-state index contributed by atoms with van der Waals surface area (Å²) < 4.78 is 7.15. The second-order valence-corrected chi connectivity index (χ2v) is 7.74. The van der Waals surface area contributed by atoms with Crippen molar-refractivity contribution in [2.75, 3.05) is 20.3 Å². The van der Waals surface area contributed by atoms with Crippen LogP contribution in [0.5, 0.6) is 0 Å². The summed E-state index contributed by atoms with van der Waals surface area (Å²) in [6, 6.07) is 5.35. The smallest absolute Gasteiger partial charge is 0.254 e. The van der Waals surface area contributed by atoms with E-state index in [0.29, 0.717) is 42.3 Å². The molecule has 0 unspecified atom stereocenters. The summed E-state index contributed by atoms with van der Waals surface area (Å²) in [4.78, 5) is 40.0. The number of carbonyl (C=O) groups is 2. The van der Waals surface area contributed by atoms with E-state index in [4.69, 9.17) is 10.5 Å². The third-order valence-corrected chi connectivity index (χ3v) is 5.73. The molecule has 0 saturated carbocycles. The summed E-state index contributed by atoms with van der Waals surface area (Å²) in [5, 5.41) is 0. The number of methoxy groups -OCH3 is 1. The van der Waals surface area contributed by atoms with Gasteiger partial charge in [-0.2, -0.15) is 0 Å². The largest absolute Gasteiger partial charge is 0.383 e. The zero-order chi connectivity index (χ0) is 22.0. The highest BCUT2D eigenvalue weighted by molar-refractivity contribution is 5.97. The fraction of sp³-hybridized carbons (Fsp3) is 0.409. The molecular weight excluding hydrogens is 396 g/mol. The monoisotopic (exact) mass is 422 g/mol. The van der Waals surface area contributed by atoms with Gasteiger partial charge in [-0.3, -0.25) is 9.59 Å². The van der Waals surface area contributed by atoms with Crippen molar-refractivity contribution in [1.82, 2.24) is 24.4 Å². The molecule has 0 aliphatic carbocycles. The molecule has 162 valence electrons. The van der Waals surface area contributed by atoms with Crippen LogP contribution in [0.25, 0.3) is 11.0 Å². The second-order valence-electron chi connectivity index (χ2n) is 7.74. The van der Waals surface area contributed by atoms with Crippen molar-refractivity contribution in [3.05, 3.63) is 53.4 Å². The molecule has 0 radical (unpaired) electrons. The first-order valence-corrected chi connectivity index (χ1v) is 10.4. The number of carbonyl (C=O) groups excluding carboxylic acids is 2. The Hall–Kier alpha value is -3.33. The van der Waals surface area contributed by atoms with Crippen LogP contribution in [-0.4, -0.2) is 56.5 Å². The molecule has 1 saturated heterocycles. The highest BCUT2D eigenvalue weighted by atomic mass is 16.5. The van der Waals surface area contributed by atoms with Crippen LogP contribution in [0.2, 0.25) is 0 Å². The number of primary amides is 1. The lowest BCUT2D eigenvalue weighted by Crippen LogP contribution is -2.39. The van der Waals surface area contributed by atoms with Gasteiger partial charge in [0.1, 0.15) is 0 Å². The van der Waals surface area contributed by atoms with Gasteiger partial charge in [0.25, 0.3) is 11.8 Å². The first-order valence-electron chi connectivity index (χ1n) is 10.4. The molecule has 0 bridgehead atoms. The van der Waals surface area contributed by atoms with E-state index in [2.05, 4.69) is 15.0 Å². The van der Waals surface area contributed by atoms with Crippen LogP contribution in [0.15, 0.2) is 30.7 Å². The lowest BCUT2D eigenvalue weighted by Gasteiger charge is -2.35. The topological polar surface area (TPSA) is 116 Å². The molecular formula is C22H26N6O3. The Morgan fingerprint density at radius 2 is 2.10 bits per heavy atom. The molecule has 1 aromatic carbocycles. The van der Waals surface area contributed by atoms with Crippen LogP contribution in [0.1, 0.15) is 57.5 Å². The fourth-order valence-electron chi connectivity index (χ4n) is 4.06. The Balaban J connectivity index is 1.61. The predicted octanol–water partition coefficient (Wildman–Crippen LogP) is 2.25. The first-order chi connectivity index (χ1) is 15.0. The van der Waals surface area contributed by atoms with Crippen molar-refractivity contribution >= 4 is 22.8 Å². The van der Waals surface area contributed by atoms with E-state index >= 15 is 0 Å². The summed E-state index contributed by atoms with van der Waals surface area (Å²) in [6.45, 7) is 3.65. The lowest BCUT2D eigenvalue weighted by atomic mass is 9.99. The summed E-state index contributed by atoms with van der Waals surface area (Å²) in [7, 11) is 1.66. The molecule has 4 rings (SSSR count). The van der Waals surface area contributed by atoms with Crippen LogP contribution in [0, 0.1) is 6.92 Å². The molecule has 31 heavy (non-hydrogen) atoms. The van der Waals surface area contributed by atoms with Crippen LogP contribution >= 0.6 is 0 Å².